The monoisotopic (exact) mass is 297 g/mol. The zero-order valence-corrected chi connectivity index (χ0v) is 13.2. The molecular formula is C14H23N3O2S. The number of carboxylic acids is 1. The van der Waals surface area contributed by atoms with Gasteiger partial charge in [0.2, 0.25) is 0 Å². The minimum Gasteiger partial charge on any atom is -0.481 e. The molecule has 1 aromatic rings. The third-order valence-electron chi connectivity index (χ3n) is 3.97. The van der Waals surface area contributed by atoms with E-state index in [-0.39, 0.29) is 11.3 Å². The molecular weight excluding hydrogens is 274 g/mol. The molecule has 0 radical (unpaired) electrons. The van der Waals surface area contributed by atoms with Crippen LogP contribution in [0, 0.1) is 0 Å². The van der Waals surface area contributed by atoms with E-state index in [9.17, 15) is 4.79 Å². The molecule has 1 fully saturated rings. The van der Waals surface area contributed by atoms with Crippen molar-refractivity contribution >= 4 is 17.7 Å². The number of hydrogen-bond acceptors (Lipinski definition) is 4. The van der Waals surface area contributed by atoms with Crippen molar-refractivity contribution in [1.29, 1.82) is 0 Å². The molecule has 1 aliphatic carbocycles. The molecule has 112 valence electrons. The molecule has 1 saturated carbocycles. The molecule has 0 saturated heterocycles. The minimum absolute atomic E-state index is 0.0300. The lowest BCUT2D eigenvalue weighted by Crippen LogP contribution is -2.34. The molecule has 6 heteroatoms. The number of thioether (sulfide) groups is 1. The lowest BCUT2D eigenvalue weighted by Gasteiger charge is -2.37. The summed E-state index contributed by atoms with van der Waals surface area (Å²) in [6.45, 7) is 6.48. The quantitative estimate of drug-likeness (QED) is 0.845. The number of aromatic nitrogens is 3. The standard InChI is InChI=1S/C14H23N3O2S/c1-10(2)12-15-16-13(20-9-11(18)19)17(12)14(3)7-5-4-6-8-14/h10H,4-9H2,1-3H3,(H,18,19). The molecule has 20 heavy (non-hydrogen) atoms. The Bertz CT molecular complexity index is 479. The molecule has 2 rings (SSSR count). The lowest BCUT2D eigenvalue weighted by molar-refractivity contribution is -0.133. The minimum atomic E-state index is -0.815. The van der Waals surface area contributed by atoms with Crippen LogP contribution in [0.25, 0.3) is 0 Å². The van der Waals surface area contributed by atoms with E-state index >= 15 is 0 Å². The predicted molar refractivity (Wildman–Crippen MR) is 79.2 cm³/mol. The van der Waals surface area contributed by atoms with Crippen LogP contribution in [-0.2, 0) is 10.3 Å². The number of nitrogens with zero attached hydrogens (tertiary/aromatic N) is 3. The third kappa shape index (κ3) is 3.16. The van der Waals surface area contributed by atoms with Gasteiger partial charge in [-0.2, -0.15) is 0 Å². The van der Waals surface area contributed by atoms with Gasteiger partial charge in [-0.25, -0.2) is 0 Å². The fourth-order valence-corrected chi connectivity index (χ4v) is 3.71. The molecule has 0 unspecified atom stereocenters. The molecule has 1 heterocycles. The average molecular weight is 297 g/mol. The van der Waals surface area contributed by atoms with Crippen molar-refractivity contribution in [1.82, 2.24) is 14.8 Å². The Morgan fingerprint density at radius 3 is 2.55 bits per heavy atom. The summed E-state index contributed by atoms with van der Waals surface area (Å²) in [5, 5.41) is 18.2. The summed E-state index contributed by atoms with van der Waals surface area (Å²) in [6, 6.07) is 0. The molecule has 0 amide bonds. The first kappa shape index (κ1) is 15.4. The van der Waals surface area contributed by atoms with Gasteiger partial charge in [-0.3, -0.25) is 9.36 Å². The Labute approximate surface area is 124 Å². The van der Waals surface area contributed by atoms with Crippen LogP contribution in [0.15, 0.2) is 5.16 Å². The molecule has 1 aliphatic rings. The Morgan fingerprint density at radius 2 is 2.00 bits per heavy atom. The van der Waals surface area contributed by atoms with Crippen molar-refractivity contribution in [2.75, 3.05) is 5.75 Å². The third-order valence-corrected chi connectivity index (χ3v) is 4.88. The highest BCUT2D eigenvalue weighted by molar-refractivity contribution is 7.99. The molecule has 1 N–H and O–H groups in total. The van der Waals surface area contributed by atoms with Crippen molar-refractivity contribution in [2.45, 2.75) is 69.5 Å². The van der Waals surface area contributed by atoms with Crippen LogP contribution in [0.2, 0.25) is 0 Å². The second-order valence-corrected chi connectivity index (χ2v) is 7.01. The first-order valence-electron chi connectivity index (χ1n) is 7.24. The van der Waals surface area contributed by atoms with Gasteiger partial charge in [-0.05, 0) is 19.8 Å². The second-order valence-electron chi connectivity index (χ2n) is 6.07. The van der Waals surface area contributed by atoms with Gasteiger partial charge < -0.3 is 5.11 Å². The van der Waals surface area contributed by atoms with E-state index in [0.717, 1.165) is 23.8 Å². The van der Waals surface area contributed by atoms with E-state index in [1.54, 1.807) is 0 Å². The van der Waals surface area contributed by atoms with Crippen LogP contribution in [0.3, 0.4) is 0 Å². The number of rotatable bonds is 5. The Morgan fingerprint density at radius 1 is 1.35 bits per heavy atom. The average Bonchev–Trinajstić information content (AvgIpc) is 2.82. The maximum absolute atomic E-state index is 10.8. The summed E-state index contributed by atoms with van der Waals surface area (Å²) >= 11 is 1.28. The van der Waals surface area contributed by atoms with Crippen LogP contribution >= 0.6 is 11.8 Å². The van der Waals surface area contributed by atoms with Crippen LogP contribution in [0.1, 0.15) is 64.6 Å². The highest BCUT2D eigenvalue weighted by Crippen LogP contribution is 2.39. The number of carbonyl (C=O) groups is 1. The molecule has 0 aliphatic heterocycles. The van der Waals surface area contributed by atoms with Crippen LogP contribution in [-0.4, -0.2) is 31.6 Å². The van der Waals surface area contributed by atoms with Crippen molar-refractivity contribution in [3.05, 3.63) is 5.82 Å². The van der Waals surface area contributed by atoms with Crippen molar-refractivity contribution in [3.8, 4) is 0 Å². The van der Waals surface area contributed by atoms with Gasteiger partial charge in [0.1, 0.15) is 5.82 Å². The maximum atomic E-state index is 10.8. The van der Waals surface area contributed by atoms with Gasteiger partial charge in [-0.1, -0.05) is 44.9 Å². The van der Waals surface area contributed by atoms with Crippen molar-refractivity contribution in [3.63, 3.8) is 0 Å². The number of aliphatic carboxylic acids is 1. The Kier molecular flexibility index (Phi) is 4.73. The summed E-state index contributed by atoms with van der Waals surface area (Å²) < 4.78 is 2.21. The molecule has 0 atom stereocenters. The Hall–Kier alpha value is -1.04. The Balaban J connectivity index is 2.35. The van der Waals surface area contributed by atoms with E-state index in [2.05, 4.69) is 35.5 Å². The summed E-state index contributed by atoms with van der Waals surface area (Å²) in [5.74, 6) is 0.485. The SMILES string of the molecule is CC(C)c1nnc(SCC(=O)O)n1C1(C)CCCCC1. The zero-order chi connectivity index (χ0) is 14.8. The maximum Gasteiger partial charge on any atom is 0.313 e. The largest absolute Gasteiger partial charge is 0.481 e. The lowest BCUT2D eigenvalue weighted by atomic mass is 9.83. The summed E-state index contributed by atoms with van der Waals surface area (Å²) in [4.78, 5) is 10.8. The van der Waals surface area contributed by atoms with Crippen molar-refractivity contribution in [2.24, 2.45) is 0 Å². The van der Waals surface area contributed by atoms with Gasteiger partial charge in [-0.15, -0.1) is 10.2 Å². The molecule has 1 aromatic heterocycles. The van der Waals surface area contributed by atoms with Crippen molar-refractivity contribution < 1.29 is 9.90 Å². The van der Waals surface area contributed by atoms with Crippen LogP contribution in [0.4, 0.5) is 0 Å². The molecule has 5 nitrogen and oxygen atoms in total. The highest BCUT2D eigenvalue weighted by atomic mass is 32.2. The first-order valence-corrected chi connectivity index (χ1v) is 8.23. The predicted octanol–water partition coefficient (Wildman–Crippen LogP) is 3.26. The van der Waals surface area contributed by atoms with Crippen LogP contribution < -0.4 is 0 Å². The highest BCUT2D eigenvalue weighted by Gasteiger charge is 2.34. The summed E-state index contributed by atoms with van der Waals surface area (Å²) in [5.41, 5.74) is 0.0300. The van der Waals surface area contributed by atoms with E-state index < -0.39 is 5.97 Å². The number of hydrogen-bond donors (Lipinski definition) is 1. The van der Waals surface area contributed by atoms with E-state index in [1.165, 1.54) is 31.0 Å². The fourth-order valence-electron chi connectivity index (χ4n) is 2.92. The van der Waals surface area contributed by atoms with Gasteiger partial charge in [0.15, 0.2) is 5.16 Å². The van der Waals surface area contributed by atoms with E-state index in [1.807, 2.05) is 0 Å². The second kappa shape index (κ2) is 6.16. The summed E-state index contributed by atoms with van der Waals surface area (Å²) in [7, 11) is 0. The zero-order valence-electron chi connectivity index (χ0n) is 12.4. The topological polar surface area (TPSA) is 68.0 Å². The molecule has 0 bridgehead atoms. The van der Waals surface area contributed by atoms with Gasteiger partial charge in [0, 0.05) is 11.5 Å². The van der Waals surface area contributed by atoms with Gasteiger partial charge >= 0.3 is 5.97 Å². The van der Waals surface area contributed by atoms with Gasteiger partial charge in [0.25, 0.3) is 0 Å². The van der Waals surface area contributed by atoms with E-state index in [4.69, 9.17) is 5.11 Å². The van der Waals surface area contributed by atoms with E-state index in [0.29, 0.717) is 5.92 Å². The fraction of sp³-hybridized carbons (Fsp3) is 0.786. The molecule has 0 aromatic carbocycles. The normalized spacial score (nSPS) is 18.4. The molecule has 0 spiro atoms. The van der Waals surface area contributed by atoms with Crippen LogP contribution in [0.5, 0.6) is 0 Å². The van der Waals surface area contributed by atoms with Gasteiger partial charge in [0.05, 0.1) is 5.75 Å². The smallest absolute Gasteiger partial charge is 0.313 e. The first-order chi connectivity index (χ1) is 9.44. The number of carboxylic acid groups (broad SMARTS) is 1. The summed E-state index contributed by atoms with van der Waals surface area (Å²) in [6.07, 6.45) is 5.95.